The van der Waals surface area contributed by atoms with Crippen LogP contribution in [0.3, 0.4) is 0 Å². The first-order valence-electron chi connectivity index (χ1n) is 3.78. The van der Waals surface area contributed by atoms with Gasteiger partial charge in [-0.2, -0.15) is 0 Å². The van der Waals surface area contributed by atoms with E-state index in [0.29, 0.717) is 6.29 Å². The van der Waals surface area contributed by atoms with Crippen molar-refractivity contribution < 1.29 is 9.59 Å². The fourth-order valence-corrected chi connectivity index (χ4v) is 1.76. The molecular weight excluding hydrogens is 234 g/mol. The van der Waals surface area contributed by atoms with Gasteiger partial charge in [-0.1, -0.05) is 22.0 Å². The second-order valence-corrected chi connectivity index (χ2v) is 3.75. The first-order chi connectivity index (χ1) is 6.22. The lowest BCUT2D eigenvalue weighted by atomic mass is 10.0. The highest BCUT2D eigenvalue weighted by Gasteiger charge is 2.29. The molecule has 0 radical (unpaired) electrons. The Morgan fingerprint density at radius 3 is 2.92 bits per heavy atom. The van der Waals surface area contributed by atoms with Gasteiger partial charge >= 0.3 is 0 Å². The van der Waals surface area contributed by atoms with Crippen molar-refractivity contribution in [1.29, 1.82) is 0 Å². The van der Waals surface area contributed by atoms with Gasteiger partial charge in [-0.25, -0.2) is 0 Å². The van der Waals surface area contributed by atoms with Crippen molar-refractivity contribution in [1.82, 2.24) is 0 Å². The summed E-state index contributed by atoms with van der Waals surface area (Å²) in [6.45, 7) is 0. The minimum Gasteiger partial charge on any atom is -0.325 e. The lowest BCUT2D eigenvalue weighted by molar-refractivity contribution is -0.121. The van der Waals surface area contributed by atoms with E-state index >= 15 is 0 Å². The van der Waals surface area contributed by atoms with E-state index in [1.54, 1.807) is 12.1 Å². The number of amides is 1. The SMILES string of the molecule is O=C[C@H]1C(=O)Nc2cc(Br)ccc21. The van der Waals surface area contributed by atoms with Crippen LogP contribution >= 0.6 is 15.9 Å². The van der Waals surface area contributed by atoms with E-state index in [4.69, 9.17) is 0 Å². The monoisotopic (exact) mass is 239 g/mol. The molecule has 13 heavy (non-hydrogen) atoms. The van der Waals surface area contributed by atoms with Crippen molar-refractivity contribution in [3.8, 4) is 0 Å². The Morgan fingerprint density at radius 1 is 1.46 bits per heavy atom. The highest BCUT2D eigenvalue weighted by molar-refractivity contribution is 9.10. The van der Waals surface area contributed by atoms with E-state index < -0.39 is 5.92 Å². The highest BCUT2D eigenvalue weighted by Crippen LogP contribution is 2.32. The van der Waals surface area contributed by atoms with Crippen molar-refractivity contribution in [3.63, 3.8) is 0 Å². The molecule has 1 atom stereocenters. The van der Waals surface area contributed by atoms with Crippen LogP contribution in [0.2, 0.25) is 0 Å². The van der Waals surface area contributed by atoms with E-state index in [9.17, 15) is 9.59 Å². The van der Waals surface area contributed by atoms with Crippen molar-refractivity contribution in [2.45, 2.75) is 5.92 Å². The number of benzene rings is 1. The Kier molecular flexibility index (Phi) is 1.92. The van der Waals surface area contributed by atoms with Gasteiger partial charge in [0.1, 0.15) is 12.2 Å². The standard InChI is InChI=1S/C9H6BrNO2/c10-5-1-2-6-7(4-12)9(13)11-8(6)3-5/h1-4,7H,(H,11,13)/t7-/m1/s1. The van der Waals surface area contributed by atoms with Gasteiger partial charge in [0, 0.05) is 10.2 Å². The van der Waals surface area contributed by atoms with E-state index in [1.165, 1.54) is 0 Å². The average Bonchev–Trinajstić information content (AvgIpc) is 2.39. The van der Waals surface area contributed by atoms with Gasteiger partial charge in [-0.15, -0.1) is 0 Å². The molecule has 1 aromatic carbocycles. The zero-order valence-corrected chi connectivity index (χ0v) is 8.17. The second kappa shape index (κ2) is 2.96. The number of carbonyl (C=O) groups excluding carboxylic acids is 2. The van der Waals surface area contributed by atoms with Gasteiger partial charge in [0.25, 0.3) is 0 Å². The van der Waals surface area contributed by atoms with Crippen LogP contribution in [0.15, 0.2) is 22.7 Å². The van der Waals surface area contributed by atoms with Gasteiger partial charge in [0.05, 0.1) is 0 Å². The largest absolute Gasteiger partial charge is 0.325 e. The van der Waals surface area contributed by atoms with Crippen LogP contribution in [0.1, 0.15) is 11.5 Å². The number of hydrogen-bond acceptors (Lipinski definition) is 2. The van der Waals surface area contributed by atoms with Gasteiger partial charge in [-0.3, -0.25) is 4.79 Å². The minimum absolute atomic E-state index is 0.247. The molecular formula is C9H6BrNO2. The third-order valence-corrected chi connectivity index (χ3v) is 2.52. The molecule has 0 spiro atoms. The first kappa shape index (κ1) is 8.44. The number of fused-ring (bicyclic) bond motifs is 1. The molecule has 66 valence electrons. The van der Waals surface area contributed by atoms with Crippen molar-refractivity contribution in [2.75, 3.05) is 5.32 Å². The molecule has 2 rings (SSSR count). The third kappa shape index (κ3) is 1.27. The molecule has 1 N–H and O–H groups in total. The Morgan fingerprint density at radius 2 is 2.23 bits per heavy atom. The Bertz CT molecular complexity index is 389. The fraction of sp³-hybridized carbons (Fsp3) is 0.111. The maximum Gasteiger partial charge on any atom is 0.239 e. The Balaban J connectivity index is 2.54. The number of hydrogen-bond donors (Lipinski definition) is 1. The molecule has 0 aliphatic carbocycles. The van der Waals surface area contributed by atoms with Crippen LogP contribution in [0.4, 0.5) is 5.69 Å². The minimum atomic E-state index is -0.636. The zero-order valence-electron chi connectivity index (χ0n) is 6.58. The van der Waals surface area contributed by atoms with Crippen LogP contribution in [0, 0.1) is 0 Å². The summed E-state index contributed by atoms with van der Waals surface area (Å²) >= 11 is 3.29. The summed E-state index contributed by atoms with van der Waals surface area (Å²) in [6, 6.07) is 5.38. The number of carbonyl (C=O) groups is 2. The summed E-state index contributed by atoms with van der Waals surface area (Å²) < 4.78 is 0.887. The molecule has 1 aromatic rings. The molecule has 1 aliphatic heterocycles. The van der Waals surface area contributed by atoms with Crippen LogP contribution in [-0.4, -0.2) is 12.2 Å². The highest BCUT2D eigenvalue weighted by atomic mass is 79.9. The second-order valence-electron chi connectivity index (χ2n) is 2.83. The topological polar surface area (TPSA) is 46.2 Å². The molecule has 0 unspecified atom stereocenters. The summed E-state index contributed by atoms with van der Waals surface area (Å²) in [5.41, 5.74) is 1.47. The van der Waals surface area contributed by atoms with E-state index in [2.05, 4.69) is 21.2 Å². The number of halogens is 1. The Labute approximate surface area is 83.3 Å². The molecule has 4 heteroatoms. The Hall–Kier alpha value is -1.16. The van der Waals surface area contributed by atoms with Crippen LogP contribution in [0.5, 0.6) is 0 Å². The summed E-state index contributed by atoms with van der Waals surface area (Å²) in [5.74, 6) is -0.883. The molecule has 0 bridgehead atoms. The van der Waals surface area contributed by atoms with Gasteiger partial charge in [0.15, 0.2) is 0 Å². The summed E-state index contributed by atoms with van der Waals surface area (Å²) in [4.78, 5) is 21.8. The van der Waals surface area contributed by atoms with Crippen molar-refractivity contribution in [3.05, 3.63) is 28.2 Å². The van der Waals surface area contributed by atoms with Gasteiger partial charge < -0.3 is 10.1 Å². The van der Waals surface area contributed by atoms with Crippen LogP contribution in [-0.2, 0) is 9.59 Å². The number of anilines is 1. The lowest BCUT2D eigenvalue weighted by Crippen LogP contribution is -2.12. The smallest absolute Gasteiger partial charge is 0.239 e. The van der Waals surface area contributed by atoms with E-state index in [-0.39, 0.29) is 5.91 Å². The van der Waals surface area contributed by atoms with Crippen molar-refractivity contribution in [2.24, 2.45) is 0 Å². The molecule has 0 fully saturated rings. The van der Waals surface area contributed by atoms with Crippen molar-refractivity contribution >= 4 is 33.8 Å². The van der Waals surface area contributed by atoms with E-state index in [0.717, 1.165) is 15.7 Å². The third-order valence-electron chi connectivity index (χ3n) is 2.03. The molecule has 1 amide bonds. The van der Waals surface area contributed by atoms with Gasteiger partial charge in [0.2, 0.25) is 5.91 Å². The summed E-state index contributed by atoms with van der Waals surface area (Å²) in [6.07, 6.45) is 0.662. The lowest BCUT2D eigenvalue weighted by Gasteiger charge is -1.99. The van der Waals surface area contributed by atoms with E-state index in [1.807, 2.05) is 6.07 Å². The fourth-order valence-electron chi connectivity index (χ4n) is 1.39. The molecule has 0 saturated heterocycles. The molecule has 0 saturated carbocycles. The predicted molar refractivity (Wildman–Crippen MR) is 51.6 cm³/mol. The predicted octanol–water partition coefficient (Wildman–Crippen LogP) is 1.68. The van der Waals surface area contributed by atoms with Crippen LogP contribution in [0.25, 0.3) is 0 Å². The maximum absolute atomic E-state index is 11.2. The number of aldehydes is 1. The number of rotatable bonds is 1. The average molecular weight is 240 g/mol. The van der Waals surface area contributed by atoms with Gasteiger partial charge in [-0.05, 0) is 17.7 Å². The molecule has 1 heterocycles. The molecule has 3 nitrogen and oxygen atoms in total. The quantitative estimate of drug-likeness (QED) is 0.599. The summed E-state index contributed by atoms with van der Waals surface area (Å²) in [5, 5.41) is 2.64. The molecule has 1 aliphatic rings. The normalized spacial score (nSPS) is 19.5. The zero-order chi connectivity index (χ0) is 9.42. The first-order valence-corrected chi connectivity index (χ1v) is 4.57. The van der Waals surface area contributed by atoms with Crippen LogP contribution < -0.4 is 5.32 Å². The summed E-state index contributed by atoms with van der Waals surface area (Å²) in [7, 11) is 0. The molecule has 0 aromatic heterocycles. The number of nitrogens with one attached hydrogen (secondary N) is 1. The maximum atomic E-state index is 11.2.